The number of likely N-dealkylation sites (N-methyl/N-ethyl adjacent to an activating group) is 1. The minimum absolute atomic E-state index is 0.0735. The highest BCUT2D eigenvalue weighted by Gasteiger charge is 2.17. The van der Waals surface area contributed by atoms with E-state index in [1.807, 2.05) is 53.6 Å². The quantitative estimate of drug-likeness (QED) is 0.728. The van der Waals surface area contributed by atoms with Gasteiger partial charge in [-0.2, -0.15) is 0 Å². The monoisotopic (exact) mass is 321 g/mol. The SMILES string of the molecule is CCN(C(=O)Cn1c(C)nc2cc(C)c(C)cc21)c1ccccc1. The van der Waals surface area contributed by atoms with Crippen molar-refractivity contribution in [2.45, 2.75) is 34.2 Å². The van der Waals surface area contributed by atoms with Crippen LogP contribution in [0.25, 0.3) is 11.0 Å². The molecule has 0 aliphatic rings. The van der Waals surface area contributed by atoms with Gasteiger partial charge in [-0.3, -0.25) is 4.79 Å². The van der Waals surface area contributed by atoms with Gasteiger partial charge in [0, 0.05) is 12.2 Å². The van der Waals surface area contributed by atoms with Gasteiger partial charge in [-0.25, -0.2) is 4.98 Å². The van der Waals surface area contributed by atoms with E-state index in [-0.39, 0.29) is 5.91 Å². The van der Waals surface area contributed by atoms with Gasteiger partial charge in [0.25, 0.3) is 0 Å². The van der Waals surface area contributed by atoms with E-state index in [1.54, 1.807) is 0 Å². The number of nitrogens with zero attached hydrogens (tertiary/aromatic N) is 3. The maximum Gasteiger partial charge on any atom is 0.246 e. The predicted molar refractivity (Wildman–Crippen MR) is 98.4 cm³/mol. The standard InChI is InChI=1S/C20H23N3O/c1-5-22(17-9-7-6-8-10-17)20(24)13-23-16(4)21-18-11-14(2)15(3)12-19(18)23/h6-12H,5,13H2,1-4H3. The van der Waals surface area contributed by atoms with Crippen LogP contribution >= 0.6 is 0 Å². The number of aromatic nitrogens is 2. The number of para-hydroxylation sites is 1. The third kappa shape index (κ3) is 2.92. The first-order chi connectivity index (χ1) is 11.5. The van der Waals surface area contributed by atoms with Gasteiger partial charge in [-0.05, 0) is 63.1 Å². The summed E-state index contributed by atoms with van der Waals surface area (Å²) in [5, 5.41) is 0. The van der Waals surface area contributed by atoms with Crippen molar-refractivity contribution in [3.05, 3.63) is 59.4 Å². The second kappa shape index (κ2) is 6.48. The van der Waals surface area contributed by atoms with E-state index in [9.17, 15) is 4.79 Å². The molecule has 0 saturated carbocycles. The molecule has 0 bridgehead atoms. The second-order valence-electron chi connectivity index (χ2n) is 6.14. The van der Waals surface area contributed by atoms with Gasteiger partial charge in [-0.1, -0.05) is 18.2 Å². The van der Waals surface area contributed by atoms with Crippen molar-refractivity contribution in [3.63, 3.8) is 0 Å². The Morgan fingerprint density at radius 1 is 1.08 bits per heavy atom. The Bertz CT molecular complexity index is 881. The molecule has 4 nitrogen and oxygen atoms in total. The lowest BCUT2D eigenvalue weighted by atomic mass is 10.1. The molecule has 3 rings (SSSR count). The molecule has 0 aliphatic heterocycles. The molecule has 0 aliphatic carbocycles. The van der Waals surface area contributed by atoms with Gasteiger partial charge < -0.3 is 9.47 Å². The fourth-order valence-electron chi connectivity index (χ4n) is 3.03. The van der Waals surface area contributed by atoms with E-state index in [2.05, 4.69) is 31.0 Å². The lowest BCUT2D eigenvalue weighted by molar-refractivity contribution is -0.119. The highest BCUT2D eigenvalue weighted by molar-refractivity contribution is 5.94. The van der Waals surface area contributed by atoms with Crippen LogP contribution in [0.15, 0.2) is 42.5 Å². The summed E-state index contributed by atoms with van der Waals surface area (Å²) in [5.41, 5.74) is 5.34. The van der Waals surface area contributed by atoms with E-state index in [0.29, 0.717) is 13.1 Å². The summed E-state index contributed by atoms with van der Waals surface area (Å²) in [4.78, 5) is 19.3. The Morgan fingerprint density at radius 2 is 1.75 bits per heavy atom. The summed E-state index contributed by atoms with van der Waals surface area (Å²) in [6, 6.07) is 14.0. The fraction of sp³-hybridized carbons (Fsp3) is 0.300. The summed E-state index contributed by atoms with van der Waals surface area (Å²) in [6.07, 6.45) is 0. The molecule has 24 heavy (non-hydrogen) atoms. The van der Waals surface area contributed by atoms with Crippen molar-refractivity contribution in [1.82, 2.24) is 9.55 Å². The molecule has 1 amide bonds. The summed E-state index contributed by atoms with van der Waals surface area (Å²) in [6.45, 7) is 9.07. The van der Waals surface area contributed by atoms with E-state index in [4.69, 9.17) is 0 Å². The van der Waals surface area contributed by atoms with Gasteiger partial charge in [-0.15, -0.1) is 0 Å². The Balaban J connectivity index is 1.95. The largest absolute Gasteiger partial charge is 0.319 e. The first-order valence-corrected chi connectivity index (χ1v) is 8.30. The van der Waals surface area contributed by atoms with E-state index >= 15 is 0 Å². The van der Waals surface area contributed by atoms with Gasteiger partial charge in [0.15, 0.2) is 0 Å². The molecule has 4 heteroatoms. The highest BCUT2D eigenvalue weighted by atomic mass is 16.2. The van der Waals surface area contributed by atoms with Crippen LogP contribution in [-0.4, -0.2) is 22.0 Å². The number of rotatable bonds is 4. The Morgan fingerprint density at radius 3 is 2.42 bits per heavy atom. The highest BCUT2D eigenvalue weighted by Crippen LogP contribution is 2.21. The van der Waals surface area contributed by atoms with Crippen LogP contribution in [-0.2, 0) is 11.3 Å². The van der Waals surface area contributed by atoms with Gasteiger partial charge in [0.2, 0.25) is 5.91 Å². The third-order valence-corrected chi connectivity index (χ3v) is 4.53. The van der Waals surface area contributed by atoms with E-state index in [1.165, 1.54) is 11.1 Å². The minimum atomic E-state index is 0.0735. The number of hydrogen-bond donors (Lipinski definition) is 0. The molecule has 0 saturated heterocycles. The lowest BCUT2D eigenvalue weighted by Crippen LogP contribution is -2.33. The number of fused-ring (bicyclic) bond motifs is 1. The molecule has 124 valence electrons. The van der Waals surface area contributed by atoms with Crippen LogP contribution in [0.2, 0.25) is 0 Å². The van der Waals surface area contributed by atoms with Crippen molar-refractivity contribution in [2.24, 2.45) is 0 Å². The van der Waals surface area contributed by atoms with Crippen molar-refractivity contribution in [1.29, 1.82) is 0 Å². The fourth-order valence-corrected chi connectivity index (χ4v) is 3.03. The van der Waals surface area contributed by atoms with Crippen LogP contribution in [0.3, 0.4) is 0 Å². The summed E-state index contributed by atoms with van der Waals surface area (Å²) >= 11 is 0. The Hall–Kier alpha value is -2.62. The van der Waals surface area contributed by atoms with Crippen molar-refractivity contribution < 1.29 is 4.79 Å². The molecule has 0 unspecified atom stereocenters. The lowest BCUT2D eigenvalue weighted by Gasteiger charge is -2.21. The van der Waals surface area contributed by atoms with Crippen molar-refractivity contribution in [2.75, 3.05) is 11.4 Å². The second-order valence-corrected chi connectivity index (χ2v) is 6.14. The van der Waals surface area contributed by atoms with Crippen LogP contribution in [0.5, 0.6) is 0 Å². The molecular formula is C20H23N3O. The molecule has 0 N–H and O–H groups in total. The van der Waals surface area contributed by atoms with E-state index in [0.717, 1.165) is 22.5 Å². The normalized spacial score (nSPS) is 11.0. The van der Waals surface area contributed by atoms with E-state index < -0.39 is 0 Å². The first-order valence-electron chi connectivity index (χ1n) is 8.30. The van der Waals surface area contributed by atoms with Crippen LogP contribution in [0, 0.1) is 20.8 Å². The summed E-state index contributed by atoms with van der Waals surface area (Å²) in [7, 11) is 0. The molecule has 1 heterocycles. The van der Waals surface area contributed by atoms with Crippen LogP contribution in [0.1, 0.15) is 23.9 Å². The molecule has 0 radical (unpaired) electrons. The zero-order chi connectivity index (χ0) is 17.3. The maximum atomic E-state index is 12.9. The summed E-state index contributed by atoms with van der Waals surface area (Å²) in [5.74, 6) is 0.941. The average Bonchev–Trinajstić information content (AvgIpc) is 2.85. The smallest absolute Gasteiger partial charge is 0.246 e. The summed E-state index contributed by atoms with van der Waals surface area (Å²) < 4.78 is 2.01. The molecule has 2 aromatic carbocycles. The molecule has 0 fully saturated rings. The molecule has 3 aromatic rings. The number of benzene rings is 2. The average molecular weight is 321 g/mol. The number of hydrogen-bond acceptors (Lipinski definition) is 2. The Labute approximate surface area is 142 Å². The zero-order valence-electron chi connectivity index (χ0n) is 14.7. The number of carbonyl (C=O) groups is 1. The Kier molecular flexibility index (Phi) is 4.38. The number of anilines is 1. The zero-order valence-corrected chi connectivity index (χ0v) is 14.7. The molecule has 0 atom stereocenters. The number of carbonyl (C=O) groups excluding carboxylic acids is 1. The maximum absolute atomic E-state index is 12.9. The van der Waals surface area contributed by atoms with Gasteiger partial charge in [0.1, 0.15) is 12.4 Å². The predicted octanol–water partition coefficient (Wildman–Crippen LogP) is 4.01. The topological polar surface area (TPSA) is 38.1 Å². The molecule has 1 aromatic heterocycles. The number of imidazole rings is 1. The van der Waals surface area contributed by atoms with Crippen molar-refractivity contribution in [3.8, 4) is 0 Å². The van der Waals surface area contributed by atoms with Crippen LogP contribution in [0.4, 0.5) is 5.69 Å². The first kappa shape index (κ1) is 16.2. The molecular weight excluding hydrogens is 298 g/mol. The number of amides is 1. The van der Waals surface area contributed by atoms with Crippen molar-refractivity contribution >= 4 is 22.6 Å². The molecule has 0 spiro atoms. The third-order valence-electron chi connectivity index (χ3n) is 4.53. The van der Waals surface area contributed by atoms with Crippen LogP contribution < -0.4 is 4.90 Å². The number of aryl methyl sites for hydroxylation is 3. The van der Waals surface area contributed by atoms with Gasteiger partial charge in [0.05, 0.1) is 11.0 Å². The van der Waals surface area contributed by atoms with Gasteiger partial charge >= 0.3 is 0 Å². The minimum Gasteiger partial charge on any atom is -0.319 e.